The molecule has 1 aromatic heterocycles. The van der Waals surface area contributed by atoms with Crippen LogP contribution in [0.3, 0.4) is 0 Å². The predicted octanol–water partition coefficient (Wildman–Crippen LogP) is -0.0964. The Morgan fingerprint density at radius 3 is 2.52 bits per heavy atom. The van der Waals surface area contributed by atoms with Gasteiger partial charge in [0.05, 0.1) is 0 Å². The van der Waals surface area contributed by atoms with Gasteiger partial charge in [0.25, 0.3) is 5.91 Å². The summed E-state index contributed by atoms with van der Waals surface area (Å²) in [6.45, 7) is 2.75. The number of sulfonamides is 1. The summed E-state index contributed by atoms with van der Waals surface area (Å²) < 4.78 is 28.1. The molecule has 2 unspecified atom stereocenters. The number of nitrogens with zero attached hydrogens (tertiary/aromatic N) is 2. The zero-order valence-electron chi connectivity index (χ0n) is 12.0. The molecule has 1 aromatic rings. The first-order valence-electron chi connectivity index (χ1n) is 6.45. The van der Waals surface area contributed by atoms with Crippen molar-refractivity contribution >= 4 is 28.3 Å². The van der Waals surface area contributed by atoms with Crippen molar-refractivity contribution in [1.29, 1.82) is 0 Å². The Morgan fingerprint density at radius 2 is 2.10 bits per heavy atom. The van der Waals surface area contributed by atoms with Crippen LogP contribution in [0.4, 0.5) is 0 Å². The number of carbonyl (C=O) groups is 1. The minimum atomic E-state index is -3.62. The van der Waals surface area contributed by atoms with E-state index >= 15 is 0 Å². The largest absolute Gasteiger partial charge is 0.364 e. The van der Waals surface area contributed by atoms with Crippen LogP contribution < -0.4 is 11.5 Å². The summed E-state index contributed by atoms with van der Waals surface area (Å²) in [5, 5.41) is 0. The summed E-state index contributed by atoms with van der Waals surface area (Å²) in [6.07, 6.45) is 2.17. The fourth-order valence-electron chi connectivity index (χ4n) is 2.67. The number of nitrogens with two attached hydrogens (primary N) is 2. The number of hydrogen-bond donors (Lipinski definition) is 2. The SMILES string of the molecule is CC1CC(CN)CN1S(=O)(=O)c1cc(C(N)=O)n(C)c1.Cl. The Balaban J connectivity index is 0.00000220. The van der Waals surface area contributed by atoms with E-state index in [0.29, 0.717) is 13.1 Å². The van der Waals surface area contributed by atoms with Gasteiger partial charge in [-0.25, -0.2) is 8.42 Å². The Labute approximate surface area is 130 Å². The zero-order chi connectivity index (χ0) is 15.1. The second kappa shape index (κ2) is 6.35. The molecule has 4 N–H and O–H groups in total. The summed E-state index contributed by atoms with van der Waals surface area (Å²) in [4.78, 5) is 11.3. The van der Waals surface area contributed by atoms with Crippen LogP contribution >= 0.6 is 12.4 Å². The van der Waals surface area contributed by atoms with Gasteiger partial charge in [-0.1, -0.05) is 0 Å². The minimum absolute atomic E-state index is 0. The molecule has 0 aliphatic carbocycles. The van der Waals surface area contributed by atoms with E-state index in [9.17, 15) is 13.2 Å². The van der Waals surface area contributed by atoms with Gasteiger partial charge in [-0.3, -0.25) is 4.79 Å². The van der Waals surface area contributed by atoms with Gasteiger partial charge in [-0.05, 0) is 31.9 Å². The monoisotopic (exact) mass is 336 g/mol. The summed E-state index contributed by atoms with van der Waals surface area (Å²) >= 11 is 0. The number of hydrogen-bond acceptors (Lipinski definition) is 4. The third-order valence-corrected chi connectivity index (χ3v) is 5.72. The molecule has 0 saturated carbocycles. The topological polar surface area (TPSA) is 111 Å². The molecular formula is C12H21ClN4O3S. The highest BCUT2D eigenvalue weighted by molar-refractivity contribution is 7.89. The fraction of sp³-hybridized carbons (Fsp3) is 0.583. The van der Waals surface area contributed by atoms with Crippen molar-refractivity contribution < 1.29 is 13.2 Å². The van der Waals surface area contributed by atoms with Gasteiger partial charge in [-0.2, -0.15) is 4.31 Å². The van der Waals surface area contributed by atoms with Crippen LogP contribution in [-0.2, 0) is 17.1 Å². The van der Waals surface area contributed by atoms with E-state index in [4.69, 9.17) is 11.5 Å². The smallest absolute Gasteiger partial charge is 0.265 e. The summed E-state index contributed by atoms with van der Waals surface area (Å²) in [5.41, 5.74) is 11.0. The molecule has 2 heterocycles. The summed E-state index contributed by atoms with van der Waals surface area (Å²) in [7, 11) is -2.02. The number of aromatic nitrogens is 1. The van der Waals surface area contributed by atoms with Crippen LogP contribution in [0.25, 0.3) is 0 Å². The van der Waals surface area contributed by atoms with Gasteiger partial charge in [0.2, 0.25) is 10.0 Å². The molecule has 1 aliphatic rings. The van der Waals surface area contributed by atoms with Crippen LogP contribution in [0.5, 0.6) is 0 Å². The van der Waals surface area contributed by atoms with Crippen molar-refractivity contribution in [2.24, 2.45) is 24.4 Å². The maximum atomic E-state index is 12.6. The number of carbonyl (C=O) groups excluding carboxylic acids is 1. The molecule has 21 heavy (non-hydrogen) atoms. The number of aryl methyl sites for hydroxylation is 1. The molecule has 7 nitrogen and oxygen atoms in total. The lowest BCUT2D eigenvalue weighted by atomic mass is 10.1. The molecule has 0 aromatic carbocycles. The van der Waals surface area contributed by atoms with Gasteiger partial charge in [0, 0.05) is 25.8 Å². The minimum Gasteiger partial charge on any atom is -0.364 e. The zero-order valence-corrected chi connectivity index (χ0v) is 13.7. The van der Waals surface area contributed by atoms with Crippen molar-refractivity contribution in [3.05, 3.63) is 18.0 Å². The number of amides is 1. The maximum Gasteiger partial charge on any atom is 0.265 e. The normalized spacial score (nSPS) is 23.0. The molecule has 1 fully saturated rings. The summed E-state index contributed by atoms with van der Waals surface area (Å²) in [5.74, 6) is -0.470. The van der Waals surface area contributed by atoms with E-state index in [1.807, 2.05) is 6.92 Å². The van der Waals surface area contributed by atoms with E-state index in [-0.39, 0.29) is 35.0 Å². The van der Waals surface area contributed by atoms with Gasteiger partial charge in [0.1, 0.15) is 10.6 Å². The molecule has 2 rings (SSSR count). The van der Waals surface area contributed by atoms with Crippen molar-refractivity contribution in [3.8, 4) is 0 Å². The Kier molecular flexibility index (Phi) is 5.43. The first-order valence-corrected chi connectivity index (χ1v) is 7.89. The predicted molar refractivity (Wildman–Crippen MR) is 81.7 cm³/mol. The third-order valence-electron chi connectivity index (χ3n) is 3.78. The highest BCUT2D eigenvalue weighted by Crippen LogP contribution is 2.29. The van der Waals surface area contributed by atoms with E-state index in [1.165, 1.54) is 21.1 Å². The van der Waals surface area contributed by atoms with Crippen molar-refractivity contribution in [1.82, 2.24) is 8.87 Å². The Bertz CT molecular complexity index is 628. The molecule has 0 radical (unpaired) electrons. The van der Waals surface area contributed by atoms with E-state index in [2.05, 4.69) is 0 Å². The van der Waals surface area contributed by atoms with Gasteiger partial charge >= 0.3 is 0 Å². The van der Waals surface area contributed by atoms with Gasteiger partial charge in [-0.15, -0.1) is 12.4 Å². The summed E-state index contributed by atoms with van der Waals surface area (Å²) in [6, 6.07) is 1.23. The molecule has 120 valence electrons. The van der Waals surface area contributed by atoms with Crippen LogP contribution in [-0.4, -0.2) is 42.3 Å². The van der Waals surface area contributed by atoms with Crippen LogP contribution in [0.1, 0.15) is 23.8 Å². The fourth-order valence-corrected chi connectivity index (χ4v) is 4.46. The van der Waals surface area contributed by atoms with Gasteiger partial charge in [0.15, 0.2) is 0 Å². The second-order valence-electron chi connectivity index (χ2n) is 5.30. The standard InChI is InChI=1S/C12H20N4O3S.ClH/c1-8-3-9(5-13)6-16(8)20(18,19)10-4-11(12(14)17)15(2)7-10;/h4,7-9H,3,5-6,13H2,1-2H3,(H2,14,17);1H. The lowest BCUT2D eigenvalue weighted by Gasteiger charge is -2.20. The number of halogens is 1. The average molecular weight is 337 g/mol. The Morgan fingerprint density at radius 1 is 1.48 bits per heavy atom. The van der Waals surface area contributed by atoms with Gasteiger partial charge < -0.3 is 16.0 Å². The number of rotatable bonds is 4. The van der Waals surface area contributed by atoms with Crippen molar-refractivity contribution in [3.63, 3.8) is 0 Å². The highest BCUT2D eigenvalue weighted by atomic mass is 35.5. The average Bonchev–Trinajstić information content (AvgIpc) is 2.93. The molecule has 1 amide bonds. The van der Waals surface area contributed by atoms with E-state index < -0.39 is 15.9 Å². The molecule has 1 saturated heterocycles. The molecular weight excluding hydrogens is 316 g/mol. The first kappa shape index (κ1) is 18.0. The lowest BCUT2D eigenvalue weighted by molar-refractivity contribution is 0.0992. The third kappa shape index (κ3) is 3.23. The van der Waals surface area contributed by atoms with Crippen LogP contribution in [0, 0.1) is 5.92 Å². The van der Waals surface area contributed by atoms with Crippen LogP contribution in [0.15, 0.2) is 17.2 Å². The highest BCUT2D eigenvalue weighted by Gasteiger charge is 2.38. The molecule has 9 heteroatoms. The quantitative estimate of drug-likeness (QED) is 0.799. The Hall–Kier alpha value is -1.09. The van der Waals surface area contributed by atoms with E-state index in [1.54, 1.807) is 7.05 Å². The van der Waals surface area contributed by atoms with Crippen molar-refractivity contribution in [2.45, 2.75) is 24.3 Å². The maximum absolute atomic E-state index is 12.6. The molecule has 0 bridgehead atoms. The first-order chi connectivity index (χ1) is 9.27. The second-order valence-corrected chi connectivity index (χ2v) is 7.19. The lowest BCUT2D eigenvalue weighted by Crippen LogP contribution is -2.34. The van der Waals surface area contributed by atoms with Crippen LogP contribution in [0.2, 0.25) is 0 Å². The molecule has 1 aliphatic heterocycles. The molecule has 2 atom stereocenters. The molecule has 0 spiro atoms. The van der Waals surface area contributed by atoms with E-state index in [0.717, 1.165) is 6.42 Å². The number of primary amides is 1. The van der Waals surface area contributed by atoms with Crippen molar-refractivity contribution in [2.75, 3.05) is 13.1 Å².